The fraction of sp³-hybridized carbons (Fsp3) is 0.375. The third-order valence-electron chi connectivity index (χ3n) is 5.67. The van der Waals surface area contributed by atoms with E-state index in [4.69, 9.17) is 9.47 Å². The third kappa shape index (κ3) is 5.73. The van der Waals surface area contributed by atoms with Gasteiger partial charge in [-0.15, -0.1) is 0 Å². The summed E-state index contributed by atoms with van der Waals surface area (Å²) in [5.74, 6) is 0.585. The standard InChI is InChI=1S/C24H27F2N9O2/c1-33(2)9-14-37-19-15-16(7-8-27-19)28-22-30-23(34-10-12-36-13-11-34)32-24(31-22)35-18-6-4-3-5-17(18)29-21(35)20(25)26/h3-8,15,20H,9-14H2,1-2H3,(H,27,28,30,31,32). The lowest BCUT2D eigenvalue weighted by atomic mass is 10.3. The van der Waals surface area contributed by atoms with Gasteiger partial charge in [0.25, 0.3) is 6.43 Å². The van der Waals surface area contributed by atoms with Gasteiger partial charge in [0, 0.05) is 37.6 Å². The second-order valence-electron chi connectivity index (χ2n) is 8.61. The Hall–Kier alpha value is -3.97. The van der Waals surface area contributed by atoms with Crippen LogP contribution in [-0.2, 0) is 4.74 Å². The molecule has 11 nitrogen and oxygen atoms in total. The summed E-state index contributed by atoms with van der Waals surface area (Å²) in [5, 5.41) is 3.15. The van der Waals surface area contributed by atoms with E-state index in [1.165, 1.54) is 4.57 Å². The zero-order valence-corrected chi connectivity index (χ0v) is 20.5. The summed E-state index contributed by atoms with van der Waals surface area (Å²) >= 11 is 0. The molecule has 0 amide bonds. The van der Waals surface area contributed by atoms with Crippen molar-refractivity contribution >= 4 is 28.6 Å². The predicted molar refractivity (Wildman–Crippen MR) is 134 cm³/mol. The van der Waals surface area contributed by atoms with E-state index >= 15 is 0 Å². The normalized spacial score (nSPS) is 14.1. The van der Waals surface area contributed by atoms with Crippen molar-refractivity contribution in [2.24, 2.45) is 0 Å². The SMILES string of the molecule is CN(C)CCOc1cc(Nc2nc(N3CCOCC3)nc(-n3c(C(F)F)nc4ccccc43)n2)ccn1. The van der Waals surface area contributed by atoms with Gasteiger partial charge in [0.15, 0.2) is 5.82 Å². The first-order valence-corrected chi connectivity index (χ1v) is 11.8. The minimum Gasteiger partial charge on any atom is -0.476 e. The van der Waals surface area contributed by atoms with Crippen LogP contribution in [0.3, 0.4) is 0 Å². The van der Waals surface area contributed by atoms with Crippen LogP contribution >= 0.6 is 0 Å². The fourth-order valence-electron chi connectivity index (χ4n) is 3.84. The average Bonchev–Trinajstić information content (AvgIpc) is 3.29. The van der Waals surface area contributed by atoms with E-state index in [1.807, 2.05) is 23.9 Å². The summed E-state index contributed by atoms with van der Waals surface area (Å²) in [4.78, 5) is 26.0. The molecule has 1 aliphatic rings. The van der Waals surface area contributed by atoms with Crippen LogP contribution in [0.5, 0.6) is 5.88 Å². The highest BCUT2D eigenvalue weighted by Crippen LogP contribution is 2.28. The van der Waals surface area contributed by atoms with Crippen LogP contribution in [0, 0.1) is 0 Å². The number of nitrogens with one attached hydrogen (secondary N) is 1. The van der Waals surface area contributed by atoms with E-state index in [-0.39, 0.29) is 11.9 Å². The molecular formula is C24H27F2N9O2. The van der Waals surface area contributed by atoms with Gasteiger partial charge in [0.1, 0.15) is 6.61 Å². The maximum atomic E-state index is 14.0. The summed E-state index contributed by atoms with van der Waals surface area (Å²) < 4.78 is 40.5. The lowest BCUT2D eigenvalue weighted by Crippen LogP contribution is -2.37. The number of anilines is 3. The van der Waals surface area contributed by atoms with E-state index < -0.39 is 12.2 Å². The molecule has 0 spiro atoms. The Bertz CT molecular complexity index is 1360. The molecule has 5 rings (SSSR count). The van der Waals surface area contributed by atoms with Crippen molar-refractivity contribution in [2.75, 3.05) is 63.8 Å². The van der Waals surface area contributed by atoms with Crippen molar-refractivity contribution in [3.05, 3.63) is 48.4 Å². The maximum absolute atomic E-state index is 14.0. The molecular weight excluding hydrogens is 484 g/mol. The lowest BCUT2D eigenvalue weighted by Gasteiger charge is -2.27. The van der Waals surface area contributed by atoms with Crippen LogP contribution in [0.15, 0.2) is 42.6 Å². The molecule has 194 valence electrons. The highest BCUT2D eigenvalue weighted by Gasteiger charge is 2.24. The van der Waals surface area contributed by atoms with Crippen LogP contribution in [0.1, 0.15) is 12.2 Å². The Morgan fingerprint density at radius 2 is 1.84 bits per heavy atom. The molecule has 0 radical (unpaired) electrons. The molecule has 37 heavy (non-hydrogen) atoms. The number of halogens is 2. The second kappa shape index (κ2) is 11.0. The van der Waals surface area contributed by atoms with E-state index in [0.717, 1.165) is 6.54 Å². The van der Waals surface area contributed by atoms with E-state index in [1.54, 1.807) is 42.6 Å². The minimum atomic E-state index is -2.82. The number of hydrogen-bond acceptors (Lipinski definition) is 10. The number of rotatable bonds is 9. The van der Waals surface area contributed by atoms with Crippen LogP contribution < -0.4 is 15.0 Å². The number of morpholine rings is 1. The predicted octanol–water partition coefficient (Wildman–Crippen LogP) is 3.06. The Labute approximate surface area is 212 Å². The second-order valence-corrected chi connectivity index (χ2v) is 8.61. The van der Waals surface area contributed by atoms with E-state index in [9.17, 15) is 8.78 Å². The molecule has 1 aliphatic heterocycles. The van der Waals surface area contributed by atoms with Crippen molar-refractivity contribution in [3.63, 3.8) is 0 Å². The van der Waals surface area contributed by atoms with Crippen molar-refractivity contribution in [2.45, 2.75) is 6.43 Å². The van der Waals surface area contributed by atoms with Crippen molar-refractivity contribution < 1.29 is 18.3 Å². The molecule has 1 saturated heterocycles. The largest absolute Gasteiger partial charge is 0.476 e. The molecule has 0 unspecified atom stereocenters. The number of fused-ring (bicyclic) bond motifs is 1. The van der Waals surface area contributed by atoms with Gasteiger partial charge < -0.3 is 24.6 Å². The maximum Gasteiger partial charge on any atom is 0.296 e. The number of benzene rings is 1. The van der Waals surface area contributed by atoms with Crippen LogP contribution in [-0.4, -0.2) is 87.9 Å². The van der Waals surface area contributed by atoms with Crippen molar-refractivity contribution in [1.29, 1.82) is 0 Å². The number of alkyl halides is 2. The third-order valence-corrected chi connectivity index (χ3v) is 5.67. The van der Waals surface area contributed by atoms with Crippen molar-refractivity contribution in [1.82, 2.24) is 34.4 Å². The number of imidazole rings is 1. The van der Waals surface area contributed by atoms with Gasteiger partial charge in [-0.25, -0.2) is 18.7 Å². The fourth-order valence-corrected chi connectivity index (χ4v) is 3.84. The summed E-state index contributed by atoms with van der Waals surface area (Å²) in [6, 6.07) is 10.4. The molecule has 4 heterocycles. The number of aromatic nitrogens is 6. The molecule has 3 aromatic heterocycles. The number of hydrogen-bond donors (Lipinski definition) is 1. The monoisotopic (exact) mass is 511 g/mol. The average molecular weight is 512 g/mol. The highest BCUT2D eigenvalue weighted by molar-refractivity contribution is 5.77. The zero-order chi connectivity index (χ0) is 25.8. The highest BCUT2D eigenvalue weighted by atomic mass is 19.3. The number of pyridine rings is 1. The first-order chi connectivity index (χ1) is 18.0. The Morgan fingerprint density at radius 3 is 2.62 bits per heavy atom. The molecule has 13 heteroatoms. The summed E-state index contributed by atoms with van der Waals surface area (Å²) in [7, 11) is 3.92. The topological polar surface area (TPSA) is 106 Å². The molecule has 0 bridgehead atoms. The Kier molecular flexibility index (Phi) is 7.32. The van der Waals surface area contributed by atoms with Gasteiger partial charge in [0.05, 0.1) is 24.2 Å². The van der Waals surface area contributed by atoms with Crippen LogP contribution in [0.4, 0.5) is 26.4 Å². The van der Waals surface area contributed by atoms with Gasteiger partial charge in [0.2, 0.25) is 23.7 Å². The molecule has 0 atom stereocenters. The van der Waals surface area contributed by atoms with Gasteiger partial charge in [-0.2, -0.15) is 15.0 Å². The van der Waals surface area contributed by atoms with Crippen LogP contribution in [0.25, 0.3) is 17.0 Å². The molecule has 1 fully saturated rings. The summed E-state index contributed by atoms with van der Waals surface area (Å²) in [6.07, 6.45) is -1.22. The van der Waals surface area contributed by atoms with Crippen molar-refractivity contribution in [3.8, 4) is 11.8 Å². The molecule has 1 N–H and O–H groups in total. The summed E-state index contributed by atoms with van der Waals surface area (Å²) in [6.45, 7) is 3.37. The smallest absolute Gasteiger partial charge is 0.296 e. The summed E-state index contributed by atoms with van der Waals surface area (Å²) in [5.41, 5.74) is 1.53. The molecule has 4 aromatic rings. The molecule has 1 aromatic carbocycles. The number of likely N-dealkylation sites (N-methyl/N-ethyl adjacent to an activating group) is 1. The van der Waals surface area contributed by atoms with Gasteiger partial charge in [-0.3, -0.25) is 4.57 Å². The number of nitrogens with zero attached hydrogens (tertiary/aromatic N) is 8. The number of para-hydroxylation sites is 2. The van der Waals surface area contributed by atoms with Gasteiger partial charge in [-0.05, 0) is 32.3 Å². The molecule has 0 aliphatic carbocycles. The minimum absolute atomic E-state index is 0.0412. The Balaban J connectivity index is 1.53. The number of ether oxygens (including phenoxy) is 2. The zero-order valence-electron chi connectivity index (χ0n) is 20.5. The lowest BCUT2D eigenvalue weighted by molar-refractivity contribution is 0.122. The van der Waals surface area contributed by atoms with Gasteiger partial charge in [-0.1, -0.05) is 12.1 Å². The first-order valence-electron chi connectivity index (χ1n) is 11.8. The molecule has 0 saturated carbocycles. The Morgan fingerprint density at radius 1 is 1.05 bits per heavy atom. The van der Waals surface area contributed by atoms with E-state index in [2.05, 4.69) is 30.2 Å². The first kappa shape index (κ1) is 24.7. The van der Waals surface area contributed by atoms with Crippen LogP contribution in [0.2, 0.25) is 0 Å². The van der Waals surface area contributed by atoms with E-state index in [0.29, 0.717) is 61.5 Å². The quantitative estimate of drug-likeness (QED) is 0.360. The van der Waals surface area contributed by atoms with Gasteiger partial charge >= 0.3 is 0 Å².